The van der Waals surface area contributed by atoms with E-state index in [1.54, 1.807) is 36.4 Å². The van der Waals surface area contributed by atoms with Crippen molar-refractivity contribution in [2.24, 2.45) is 0 Å². The van der Waals surface area contributed by atoms with Crippen LogP contribution in [0.15, 0.2) is 77.7 Å². The second-order valence-electron chi connectivity index (χ2n) is 6.50. The number of amides is 1. The van der Waals surface area contributed by atoms with Gasteiger partial charge in [0.1, 0.15) is 11.6 Å². The molecule has 0 spiro atoms. The number of hydrogen-bond donors (Lipinski definition) is 2. The van der Waals surface area contributed by atoms with Gasteiger partial charge in [0.2, 0.25) is 0 Å². The van der Waals surface area contributed by atoms with Gasteiger partial charge in [-0.2, -0.15) is 0 Å². The maximum atomic E-state index is 13.2. The van der Waals surface area contributed by atoms with E-state index in [-0.39, 0.29) is 16.3 Å². The second kappa shape index (κ2) is 9.41. The Labute approximate surface area is 174 Å². The van der Waals surface area contributed by atoms with Gasteiger partial charge in [-0.1, -0.05) is 18.2 Å². The largest absolute Gasteiger partial charge is 0.497 e. The number of ether oxygens (including phenoxy) is 1. The number of anilines is 1. The minimum absolute atomic E-state index is 0.0314. The zero-order chi connectivity index (χ0) is 21.6. The highest BCUT2D eigenvalue weighted by Gasteiger charge is 2.16. The number of benzene rings is 3. The van der Waals surface area contributed by atoms with Crippen molar-refractivity contribution in [1.82, 2.24) is 5.32 Å². The molecule has 0 saturated carbocycles. The summed E-state index contributed by atoms with van der Waals surface area (Å²) in [6, 6.07) is 18.3. The smallest absolute Gasteiger partial charge is 0.261 e. The Kier molecular flexibility index (Phi) is 6.68. The van der Waals surface area contributed by atoms with Crippen LogP contribution in [-0.2, 0) is 16.4 Å². The lowest BCUT2D eigenvalue weighted by molar-refractivity contribution is 0.0954. The summed E-state index contributed by atoms with van der Waals surface area (Å²) in [6.07, 6.45) is 0.459. The highest BCUT2D eigenvalue weighted by atomic mass is 32.2. The molecule has 0 aromatic heterocycles. The zero-order valence-corrected chi connectivity index (χ0v) is 17.1. The fraction of sp³-hybridized carbons (Fsp3) is 0.136. The van der Waals surface area contributed by atoms with E-state index in [9.17, 15) is 17.6 Å². The first kappa shape index (κ1) is 21.3. The molecule has 0 heterocycles. The summed E-state index contributed by atoms with van der Waals surface area (Å²) in [5.74, 6) is -0.135. The Bertz CT molecular complexity index is 1130. The summed E-state index contributed by atoms with van der Waals surface area (Å²) < 4.78 is 46.0. The summed E-state index contributed by atoms with van der Waals surface area (Å²) in [7, 11) is -2.35. The van der Waals surface area contributed by atoms with E-state index in [1.807, 2.05) is 0 Å². The predicted molar refractivity (Wildman–Crippen MR) is 113 cm³/mol. The molecule has 0 radical (unpaired) electrons. The van der Waals surface area contributed by atoms with Crippen LogP contribution in [0, 0.1) is 5.82 Å². The molecule has 2 N–H and O–H groups in total. The van der Waals surface area contributed by atoms with Gasteiger partial charge in [0.05, 0.1) is 12.0 Å². The van der Waals surface area contributed by atoms with Crippen LogP contribution in [0.5, 0.6) is 5.75 Å². The Morgan fingerprint density at radius 1 is 1.00 bits per heavy atom. The van der Waals surface area contributed by atoms with Crippen LogP contribution in [0.3, 0.4) is 0 Å². The SMILES string of the molecule is COc1ccc(NS(=O)(=O)c2cccc(C(=O)NCCc3cccc(F)c3)c2)cc1. The third kappa shape index (κ3) is 5.57. The molecule has 30 heavy (non-hydrogen) atoms. The topological polar surface area (TPSA) is 84.5 Å². The molecule has 1 amide bonds. The van der Waals surface area contributed by atoms with E-state index in [4.69, 9.17) is 4.74 Å². The van der Waals surface area contributed by atoms with Gasteiger partial charge in [-0.25, -0.2) is 12.8 Å². The Morgan fingerprint density at radius 2 is 1.73 bits per heavy atom. The van der Waals surface area contributed by atoms with Crippen LogP contribution in [0.25, 0.3) is 0 Å². The molecule has 6 nitrogen and oxygen atoms in total. The van der Waals surface area contributed by atoms with Gasteiger partial charge in [0.15, 0.2) is 0 Å². The molecule has 0 atom stereocenters. The molecule has 3 rings (SSSR count). The van der Waals surface area contributed by atoms with Crippen molar-refractivity contribution >= 4 is 21.6 Å². The first-order chi connectivity index (χ1) is 14.4. The van der Waals surface area contributed by atoms with E-state index in [0.717, 1.165) is 5.56 Å². The fourth-order valence-corrected chi connectivity index (χ4v) is 3.90. The third-order valence-corrected chi connectivity index (χ3v) is 5.72. The van der Waals surface area contributed by atoms with Gasteiger partial charge in [-0.05, 0) is 66.6 Å². The molecule has 0 saturated heterocycles. The summed E-state index contributed by atoms with van der Waals surface area (Å²) >= 11 is 0. The Morgan fingerprint density at radius 3 is 2.43 bits per heavy atom. The van der Waals surface area contributed by atoms with Gasteiger partial charge >= 0.3 is 0 Å². The quantitative estimate of drug-likeness (QED) is 0.574. The van der Waals surface area contributed by atoms with E-state index in [1.165, 1.54) is 43.5 Å². The Balaban J connectivity index is 1.65. The van der Waals surface area contributed by atoms with Crippen LogP contribution in [-0.4, -0.2) is 28.0 Å². The second-order valence-corrected chi connectivity index (χ2v) is 8.18. The molecular weight excluding hydrogens is 407 g/mol. The first-order valence-corrected chi connectivity index (χ1v) is 10.7. The summed E-state index contributed by atoms with van der Waals surface area (Å²) in [6.45, 7) is 0.295. The number of nitrogens with one attached hydrogen (secondary N) is 2. The molecule has 0 aliphatic heterocycles. The van der Waals surface area contributed by atoms with Crippen molar-refractivity contribution in [1.29, 1.82) is 0 Å². The van der Waals surface area contributed by atoms with Crippen LogP contribution >= 0.6 is 0 Å². The highest BCUT2D eigenvalue weighted by molar-refractivity contribution is 7.92. The summed E-state index contributed by atoms with van der Waals surface area (Å²) in [4.78, 5) is 12.4. The van der Waals surface area contributed by atoms with E-state index in [0.29, 0.717) is 24.4 Å². The van der Waals surface area contributed by atoms with Crippen molar-refractivity contribution < 1.29 is 22.3 Å². The number of halogens is 1. The maximum absolute atomic E-state index is 13.2. The summed E-state index contributed by atoms with van der Waals surface area (Å²) in [5, 5.41) is 2.72. The molecule has 3 aromatic carbocycles. The number of rotatable bonds is 8. The fourth-order valence-electron chi connectivity index (χ4n) is 2.79. The zero-order valence-electron chi connectivity index (χ0n) is 16.3. The van der Waals surface area contributed by atoms with Gasteiger partial charge in [0, 0.05) is 17.8 Å². The van der Waals surface area contributed by atoms with Crippen LogP contribution in [0.2, 0.25) is 0 Å². The maximum Gasteiger partial charge on any atom is 0.261 e. The van der Waals surface area contributed by atoms with Gasteiger partial charge in [-0.15, -0.1) is 0 Å². The molecule has 8 heteroatoms. The number of hydrogen-bond acceptors (Lipinski definition) is 4. The molecule has 0 unspecified atom stereocenters. The monoisotopic (exact) mass is 428 g/mol. The average Bonchev–Trinajstić information content (AvgIpc) is 2.74. The highest BCUT2D eigenvalue weighted by Crippen LogP contribution is 2.20. The molecule has 0 fully saturated rings. The lowest BCUT2D eigenvalue weighted by atomic mass is 10.1. The van der Waals surface area contributed by atoms with Gasteiger partial charge < -0.3 is 10.1 Å². The molecule has 0 bridgehead atoms. The summed E-state index contributed by atoms with van der Waals surface area (Å²) in [5.41, 5.74) is 1.35. The van der Waals surface area contributed by atoms with Crippen molar-refractivity contribution in [3.63, 3.8) is 0 Å². The number of carbonyl (C=O) groups excluding carboxylic acids is 1. The number of methoxy groups -OCH3 is 1. The van der Waals surface area contributed by atoms with E-state index in [2.05, 4.69) is 10.0 Å². The van der Waals surface area contributed by atoms with Crippen LogP contribution in [0.4, 0.5) is 10.1 Å². The number of sulfonamides is 1. The molecule has 0 aliphatic rings. The van der Waals surface area contributed by atoms with Crippen molar-refractivity contribution in [3.05, 3.63) is 89.7 Å². The van der Waals surface area contributed by atoms with Crippen molar-refractivity contribution in [2.45, 2.75) is 11.3 Å². The molecule has 3 aromatic rings. The Hall–Kier alpha value is -3.39. The predicted octanol–water partition coefficient (Wildman–Crippen LogP) is 3.61. The lowest BCUT2D eigenvalue weighted by Crippen LogP contribution is -2.26. The first-order valence-electron chi connectivity index (χ1n) is 9.17. The minimum Gasteiger partial charge on any atom is -0.497 e. The third-order valence-electron chi connectivity index (χ3n) is 4.34. The van der Waals surface area contributed by atoms with Crippen molar-refractivity contribution in [3.8, 4) is 5.75 Å². The normalized spacial score (nSPS) is 11.0. The standard InChI is InChI=1S/C22H21FN2O4S/c1-29-20-10-8-19(9-11-20)25-30(27,28)21-7-3-5-17(15-21)22(26)24-13-12-16-4-2-6-18(23)14-16/h2-11,14-15,25H,12-13H2,1H3,(H,24,26). The number of carbonyl (C=O) groups is 1. The van der Waals surface area contributed by atoms with Crippen LogP contribution in [0.1, 0.15) is 15.9 Å². The van der Waals surface area contributed by atoms with Crippen LogP contribution < -0.4 is 14.8 Å². The molecular formula is C22H21FN2O4S. The minimum atomic E-state index is -3.87. The average molecular weight is 428 g/mol. The molecule has 0 aliphatic carbocycles. The molecule has 156 valence electrons. The van der Waals surface area contributed by atoms with Crippen molar-refractivity contribution in [2.75, 3.05) is 18.4 Å². The van der Waals surface area contributed by atoms with Gasteiger partial charge in [0.25, 0.3) is 15.9 Å². The lowest BCUT2D eigenvalue weighted by Gasteiger charge is -2.10. The van der Waals surface area contributed by atoms with E-state index < -0.39 is 15.9 Å². The van der Waals surface area contributed by atoms with E-state index >= 15 is 0 Å². The van der Waals surface area contributed by atoms with Gasteiger partial charge in [-0.3, -0.25) is 9.52 Å².